The Bertz CT molecular complexity index is 1170. The molecule has 154 valence electrons. The van der Waals surface area contributed by atoms with E-state index in [1.807, 2.05) is 42.9 Å². The lowest BCUT2D eigenvalue weighted by molar-refractivity contribution is 0.549. The van der Waals surface area contributed by atoms with Crippen LogP contribution in [0.4, 0.5) is 5.69 Å². The third-order valence-electron chi connectivity index (χ3n) is 5.75. The van der Waals surface area contributed by atoms with Crippen molar-refractivity contribution in [1.29, 1.82) is 0 Å². The van der Waals surface area contributed by atoms with Gasteiger partial charge in [-0.15, -0.1) is 0 Å². The number of thiocarbonyl (C=S) groups is 1. The van der Waals surface area contributed by atoms with E-state index in [-0.39, 0.29) is 12.1 Å². The van der Waals surface area contributed by atoms with Gasteiger partial charge in [-0.3, -0.25) is 9.97 Å². The summed E-state index contributed by atoms with van der Waals surface area (Å²) < 4.78 is 2.20. The SMILES string of the molecule is CCc1ccc(N2C(=S)N[C@@H](c3ccccn3)[C@H]2c2cccn2-c2ccncc2)cc1. The summed E-state index contributed by atoms with van der Waals surface area (Å²) in [6.45, 7) is 2.17. The monoisotopic (exact) mass is 425 g/mol. The van der Waals surface area contributed by atoms with Gasteiger partial charge in [-0.05, 0) is 72.7 Å². The van der Waals surface area contributed by atoms with Crippen LogP contribution in [0, 0.1) is 0 Å². The van der Waals surface area contributed by atoms with Crippen molar-refractivity contribution in [1.82, 2.24) is 19.9 Å². The third kappa shape index (κ3) is 3.59. The van der Waals surface area contributed by atoms with Gasteiger partial charge in [-0.25, -0.2) is 0 Å². The number of anilines is 1. The zero-order valence-electron chi connectivity index (χ0n) is 17.2. The summed E-state index contributed by atoms with van der Waals surface area (Å²) in [6, 6.07) is 22.8. The molecule has 5 nitrogen and oxygen atoms in total. The lowest BCUT2D eigenvalue weighted by Crippen LogP contribution is -2.30. The van der Waals surface area contributed by atoms with Crippen LogP contribution >= 0.6 is 12.2 Å². The molecule has 0 radical (unpaired) electrons. The second-order valence-electron chi connectivity index (χ2n) is 7.53. The minimum atomic E-state index is -0.0740. The first kappa shape index (κ1) is 19.5. The van der Waals surface area contributed by atoms with E-state index in [4.69, 9.17) is 12.2 Å². The Morgan fingerprint density at radius 2 is 1.71 bits per heavy atom. The van der Waals surface area contributed by atoms with Gasteiger partial charge in [0.05, 0.1) is 11.7 Å². The number of pyridine rings is 2. The Labute approximate surface area is 187 Å². The summed E-state index contributed by atoms with van der Waals surface area (Å²) in [7, 11) is 0. The van der Waals surface area contributed by atoms with Gasteiger partial charge in [0, 0.05) is 41.9 Å². The molecule has 0 amide bonds. The number of nitrogens with one attached hydrogen (secondary N) is 1. The molecule has 1 aromatic carbocycles. The van der Waals surface area contributed by atoms with Crippen molar-refractivity contribution in [3.8, 4) is 5.69 Å². The zero-order chi connectivity index (χ0) is 21.2. The van der Waals surface area contributed by atoms with E-state index >= 15 is 0 Å². The average Bonchev–Trinajstić information content (AvgIpc) is 3.44. The van der Waals surface area contributed by atoms with E-state index in [1.165, 1.54) is 5.56 Å². The lowest BCUT2D eigenvalue weighted by Gasteiger charge is -2.29. The summed E-state index contributed by atoms with van der Waals surface area (Å²) in [4.78, 5) is 11.0. The Kier molecular flexibility index (Phi) is 5.22. The molecule has 1 saturated heterocycles. The standard InChI is InChI=1S/C25H23N5S/c1-2-18-8-10-20(11-9-18)30-24(23(28-25(30)31)21-6-3-4-14-27-21)22-7-5-17-29(22)19-12-15-26-16-13-19/h3-17,23-24H,2H2,1H3,(H,28,31)/t23-,24+/m0/s1. The molecule has 3 aromatic heterocycles. The molecule has 0 spiro atoms. The normalized spacial score (nSPS) is 18.2. The summed E-state index contributed by atoms with van der Waals surface area (Å²) in [5, 5.41) is 4.23. The van der Waals surface area contributed by atoms with Gasteiger partial charge in [-0.1, -0.05) is 25.1 Å². The quantitative estimate of drug-likeness (QED) is 0.456. The maximum absolute atomic E-state index is 5.84. The fourth-order valence-electron chi connectivity index (χ4n) is 4.20. The molecule has 0 bridgehead atoms. The minimum Gasteiger partial charge on any atom is -0.351 e. The molecule has 31 heavy (non-hydrogen) atoms. The highest BCUT2D eigenvalue weighted by Gasteiger charge is 2.42. The van der Waals surface area contributed by atoms with Gasteiger partial charge < -0.3 is 14.8 Å². The molecule has 1 N–H and O–H groups in total. The minimum absolute atomic E-state index is 0.0574. The van der Waals surface area contributed by atoms with Gasteiger partial charge in [0.25, 0.3) is 0 Å². The van der Waals surface area contributed by atoms with Crippen molar-refractivity contribution in [2.45, 2.75) is 25.4 Å². The van der Waals surface area contributed by atoms with E-state index in [2.05, 4.69) is 80.3 Å². The van der Waals surface area contributed by atoms with Crippen molar-refractivity contribution in [2.24, 2.45) is 0 Å². The van der Waals surface area contributed by atoms with Crippen molar-refractivity contribution >= 4 is 23.0 Å². The van der Waals surface area contributed by atoms with Crippen LogP contribution in [-0.4, -0.2) is 19.6 Å². The fraction of sp³-hybridized carbons (Fsp3) is 0.160. The van der Waals surface area contributed by atoms with Crippen molar-refractivity contribution in [2.75, 3.05) is 4.90 Å². The van der Waals surface area contributed by atoms with Crippen LogP contribution in [0.3, 0.4) is 0 Å². The van der Waals surface area contributed by atoms with E-state index in [1.54, 1.807) is 0 Å². The molecule has 0 saturated carbocycles. The van der Waals surface area contributed by atoms with Crippen LogP contribution in [0.15, 0.2) is 91.5 Å². The van der Waals surface area contributed by atoms with Gasteiger partial charge in [0.1, 0.15) is 6.04 Å². The summed E-state index contributed by atoms with van der Waals surface area (Å²) >= 11 is 5.84. The topological polar surface area (TPSA) is 46.0 Å². The smallest absolute Gasteiger partial charge is 0.174 e. The largest absolute Gasteiger partial charge is 0.351 e. The third-order valence-corrected chi connectivity index (χ3v) is 6.06. The van der Waals surface area contributed by atoms with Crippen molar-refractivity contribution in [3.63, 3.8) is 0 Å². The maximum Gasteiger partial charge on any atom is 0.174 e. The van der Waals surface area contributed by atoms with Crippen LogP contribution in [-0.2, 0) is 6.42 Å². The lowest BCUT2D eigenvalue weighted by atomic mass is 10.0. The van der Waals surface area contributed by atoms with Crippen LogP contribution in [0.1, 0.15) is 36.0 Å². The summed E-state index contributed by atoms with van der Waals surface area (Å²) in [5.41, 5.74) is 5.54. The molecule has 1 aliphatic rings. The predicted molar refractivity (Wildman–Crippen MR) is 127 cm³/mol. The Morgan fingerprint density at radius 1 is 0.903 bits per heavy atom. The first-order valence-corrected chi connectivity index (χ1v) is 10.8. The number of rotatable bonds is 5. The summed E-state index contributed by atoms with van der Waals surface area (Å²) in [6.07, 6.45) is 8.55. The number of nitrogens with zero attached hydrogens (tertiary/aromatic N) is 4. The number of benzene rings is 1. The molecule has 4 heterocycles. The molecule has 0 unspecified atom stereocenters. The van der Waals surface area contributed by atoms with Crippen LogP contribution in [0.2, 0.25) is 0 Å². The molecular weight excluding hydrogens is 402 g/mol. The average molecular weight is 426 g/mol. The Morgan fingerprint density at radius 3 is 2.42 bits per heavy atom. The second-order valence-corrected chi connectivity index (χ2v) is 7.91. The van der Waals surface area contributed by atoms with E-state index < -0.39 is 0 Å². The van der Waals surface area contributed by atoms with E-state index in [9.17, 15) is 0 Å². The molecular formula is C25H23N5S. The van der Waals surface area contributed by atoms with E-state index in [0.717, 1.165) is 29.2 Å². The molecule has 5 rings (SSSR count). The van der Waals surface area contributed by atoms with E-state index in [0.29, 0.717) is 5.11 Å². The first-order valence-electron chi connectivity index (χ1n) is 10.4. The fourth-order valence-corrected chi connectivity index (χ4v) is 4.55. The molecule has 1 aliphatic heterocycles. The van der Waals surface area contributed by atoms with Crippen LogP contribution in [0.5, 0.6) is 0 Å². The second kappa shape index (κ2) is 8.32. The Hall–Kier alpha value is -3.51. The number of hydrogen-bond acceptors (Lipinski definition) is 3. The van der Waals surface area contributed by atoms with Gasteiger partial charge in [0.2, 0.25) is 0 Å². The Balaban J connectivity index is 1.65. The highest BCUT2D eigenvalue weighted by molar-refractivity contribution is 7.80. The van der Waals surface area contributed by atoms with Crippen molar-refractivity contribution < 1.29 is 0 Å². The predicted octanol–water partition coefficient (Wildman–Crippen LogP) is 5.01. The molecule has 2 atom stereocenters. The number of aryl methyl sites for hydroxylation is 1. The number of hydrogen-bond donors (Lipinski definition) is 1. The summed E-state index contributed by atoms with van der Waals surface area (Å²) in [5.74, 6) is 0. The first-order chi connectivity index (χ1) is 15.3. The molecule has 0 aliphatic carbocycles. The highest BCUT2D eigenvalue weighted by atomic mass is 32.1. The molecule has 1 fully saturated rings. The van der Waals surface area contributed by atoms with Crippen molar-refractivity contribution in [3.05, 3.63) is 108 Å². The van der Waals surface area contributed by atoms with Gasteiger partial charge in [0.15, 0.2) is 5.11 Å². The van der Waals surface area contributed by atoms with Crippen LogP contribution in [0.25, 0.3) is 5.69 Å². The van der Waals surface area contributed by atoms with Gasteiger partial charge in [-0.2, -0.15) is 0 Å². The zero-order valence-corrected chi connectivity index (χ0v) is 18.0. The number of aromatic nitrogens is 3. The molecule has 6 heteroatoms. The maximum atomic E-state index is 5.84. The molecule has 4 aromatic rings. The van der Waals surface area contributed by atoms with Gasteiger partial charge >= 0.3 is 0 Å². The highest BCUT2D eigenvalue weighted by Crippen LogP contribution is 2.42. The van der Waals surface area contributed by atoms with Crippen LogP contribution < -0.4 is 10.2 Å².